The average Bonchev–Trinajstić information content (AvgIpc) is 2.99. The van der Waals surface area contributed by atoms with Gasteiger partial charge < -0.3 is 10.2 Å². The molecule has 0 amide bonds. The highest BCUT2D eigenvalue weighted by atomic mass is 15.1. The maximum atomic E-state index is 9.85. The summed E-state index contributed by atoms with van der Waals surface area (Å²) in [7, 11) is 4.15. The summed E-state index contributed by atoms with van der Waals surface area (Å²) in [6.07, 6.45) is 2.04. The number of benzene rings is 1. The Morgan fingerprint density at radius 3 is 2.67 bits per heavy atom. The van der Waals surface area contributed by atoms with Crippen LogP contribution in [0.25, 0.3) is 16.7 Å². The van der Waals surface area contributed by atoms with E-state index < -0.39 is 0 Å². The van der Waals surface area contributed by atoms with Crippen molar-refractivity contribution in [3.63, 3.8) is 0 Å². The van der Waals surface area contributed by atoms with Crippen LogP contribution < -0.4 is 5.32 Å². The standard InChI is InChI=1S/C22H29N5/c1-15(2)10-11-17-16(3)18(14-23)22-25-19-8-6-7-9-20(19)27(22)21(17)24-12-13-26(4)5/h6-9,15,24H,10-13H2,1-5H3. The van der Waals surface area contributed by atoms with Crippen molar-refractivity contribution in [2.24, 2.45) is 5.92 Å². The van der Waals surface area contributed by atoms with Crippen LogP contribution in [0.5, 0.6) is 0 Å². The van der Waals surface area contributed by atoms with Gasteiger partial charge in [0.15, 0.2) is 5.65 Å². The predicted octanol–water partition coefficient (Wildman–Crippen LogP) is 4.23. The van der Waals surface area contributed by atoms with Gasteiger partial charge in [-0.1, -0.05) is 26.0 Å². The molecule has 0 fully saturated rings. The molecular weight excluding hydrogens is 334 g/mol. The Balaban J connectivity index is 2.26. The minimum atomic E-state index is 0.611. The molecule has 1 N–H and O–H groups in total. The molecule has 0 spiro atoms. The molecule has 0 aliphatic rings. The van der Waals surface area contributed by atoms with E-state index >= 15 is 0 Å². The highest BCUT2D eigenvalue weighted by Crippen LogP contribution is 2.32. The summed E-state index contributed by atoms with van der Waals surface area (Å²) >= 11 is 0. The van der Waals surface area contributed by atoms with Gasteiger partial charge in [0.25, 0.3) is 0 Å². The van der Waals surface area contributed by atoms with E-state index in [0.717, 1.165) is 54.0 Å². The number of hydrogen-bond acceptors (Lipinski definition) is 4. The number of nitriles is 1. The SMILES string of the molecule is Cc1c(CCC(C)C)c(NCCN(C)C)n2c(nc3ccccc32)c1C#N. The van der Waals surface area contributed by atoms with Gasteiger partial charge in [-0.15, -0.1) is 0 Å². The first-order chi connectivity index (χ1) is 12.9. The summed E-state index contributed by atoms with van der Waals surface area (Å²) in [4.78, 5) is 6.94. The first-order valence-corrected chi connectivity index (χ1v) is 9.65. The number of likely N-dealkylation sites (N-methyl/N-ethyl adjacent to an activating group) is 1. The van der Waals surface area contributed by atoms with Gasteiger partial charge in [-0.05, 0) is 63.0 Å². The number of aromatic nitrogens is 2. The van der Waals surface area contributed by atoms with Crippen molar-refractivity contribution in [2.75, 3.05) is 32.5 Å². The van der Waals surface area contributed by atoms with Crippen molar-refractivity contribution >= 4 is 22.5 Å². The Morgan fingerprint density at radius 1 is 1.26 bits per heavy atom. The van der Waals surface area contributed by atoms with Crippen LogP contribution in [0.1, 0.15) is 37.0 Å². The monoisotopic (exact) mass is 363 g/mol. The molecule has 0 unspecified atom stereocenters. The number of fused-ring (bicyclic) bond motifs is 3. The lowest BCUT2D eigenvalue weighted by molar-refractivity contribution is 0.425. The van der Waals surface area contributed by atoms with Crippen molar-refractivity contribution in [3.05, 3.63) is 41.0 Å². The normalized spacial score (nSPS) is 11.6. The van der Waals surface area contributed by atoms with Gasteiger partial charge in [-0.3, -0.25) is 4.40 Å². The average molecular weight is 364 g/mol. The Hall–Kier alpha value is -2.58. The third kappa shape index (κ3) is 3.77. The van der Waals surface area contributed by atoms with Gasteiger partial charge >= 0.3 is 0 Å². The summed E-state index contributed by atoms with van der Waals surface area (Å²) in [6, 6.07) is 10.5. The van der Waals surface area contributed by atoms with Crippen molar-refractivity contribution < 1.29 is 0 Å². The zero-order chi connectivity index (χ0) is 19.6. The lowest BCUT2D eigenvalue weighted by Gasteiger charge is -2.20. The first kappa shape index (κ1) is 19.2. The summed E-state index contributed by atoms with van der Waals surface area (Å²) in [5.41, 5.74) is 5.68. The van der Waals surface area contributed by atoms with E-state index in [9.17, 15) is 5.26 Å². The molecule has 142 valence electrons. The maximum Gasteiger partial charge on any atom is 0.157 e. The zero-order valence-corrected chi connectivity index (χ0v) is 17.0. The molecular formula is C22H29N5. The van der Waals surface area contributed by atoms with E-state index in [-0.39, 0.29) is 0 Å². The molecule has 3 aromatic rings. The molecule has 0 radical (unpaired) electrons. The molecule has 2 heterocycles. The van der Waals surface area contributed by atoms with Gasteiger partial charge in [0, 0.05) is 13.1 Å². The minimum Gasteiger partial charge on any atom is -0.370 e. The van der Waals surface area contributed by atoms with Crippen molar-refractivity contribution in [2.45, 2.75) is 33.6 Å². The molecule has 5 nitrogen and oxygen atoms in total. The summed E-state index contributed by atoms with van der Waals surface area (Å²) in [6.45, 7) is 8.33. The van der Waals surface area contributed by atoms with E-state index in [1.807, 2.05) is 18.2 Å². The molecule has 2 aromatic heterocycles. The third-order valence-electron chi connectivity index (χ3n) is 5.06. The van der Waals surface area contributed by atoms with Crippen LogP contribution in [0, 0.1) is 24.2 Å². The van der Waals surface area contributed by atoms with Crippen molar-refractivity contribution in [1.82, 2.24) is 14.3 Å². The molecule has 0 aliphatic heterocycles. The fraction of sp³-hybridized carbons (Fsp3) is 0.455. The quantitative estimate of drug-likeness (QED) is 0.682. The lowest BCUT2D eigenvalue weighted by Crippen LogP contribution is -2.22. The number of nitrogens with zero attached hydrogens (tertiary/aromatic N) is 4. The molecule has 3 rings (SSSR count). The Bertz CT molecular complexity index is 992. The second kappa shape index (κ2) is 7.98. The Labute approximate surface area is 161 Å². The van der Waals surface area contributed by atoms with Crippen LogP contribution in [0.3, 0.4) is 0 Å². The van der Waals surface area contributed by atoms with Crippen molar-refractivity contribution in [1.29, 1.82) is 5.26 Å². The lowest BCUT2D eigenvalue weighted by atomic mass is 9.97. The predicted molar refractivity (Wildman–Crippen MR) is 112 cm³/mol. The Morgan fingerprint density at radius 2 is 2.00 bits per heavy atom. The molecule has 0 saturated heterocycles. The number of anilines is 1. The highest BCUT2D eigenvalue weighted by Gasteiger charge is 2.20. The molecule has 0 aliphatic carbocycles. The van der Waals surface area contributed by atoms with Gasteiger partial charge in [-0.2, -0.15) is 5.26 Å². The van der Waals surface area contributed by atoms with Crippen LogP contribution in [0.2, 0.25) is 0 Å². The molecule has 27 heavy (non-hydrogen) atoms. The van der Waals surface area contributed by atoms with E-state index in [1.165, 1.54) is 5.56 Å². The fourth-order valence-corrected chi connectivity index (χ4v) is 3.51. The van der Waals surface area contributed by atoms with Crippen LogP contribution in [0.15, 0.2) is 24.3 Å². The summed E-state index contributed by atoms with van der Waals surface area (Å²) in [5, 5.41) is 13.5. The maximum absolute atomic E-state index is 9.85. The van der Waals surface area contributed by atoms with Crippen molar-refractivity contribution in [3.8, 4) is 6.07 Å². The molecule has 0 saturated carbocycles. The number of imidazole rings is 1. The third-order valence-corrected chi connectivity index (χ3v) is 5.06. The smallest absolute Gasteiger partial charge is 0.157 e. The fourth-order valence-electron chi connectivity index (χ4n) is 3.51. The molecule has 5 heteroatoms. The molecule has 0 bridgehead atoms. The number of para-hydroxylation sites is 2. The highest BCUT2D eigenvalue weighted by molar-refractivity contribution is 5.86. The van der Waals surface area contributed by atoms with E-state index in [4.69, 9.17) is 4.98 Å². The number of nitrogens with one attached hydrogen (secondary N) is 1. The second-order valence-electron chi connectivity index (χ2n) is 7.86. The number of hydrogen-bond donors (Lipinski definition) is 1. The molecule has 1 aromatic carbocycles. The Kier molecular flexibility index (Phi) is 5.67. The largest absolute Gasteiger partial charge is 0.370 e. The van der Waals surface area contributed by atoms with Gasteiger partial charge in [0.2, 0.25) is 0 Å². The van der Waals surface area contributed by atoms with Gasteiger partial charge in [0.1, 0.15) is 11.9 Å². The minimum absolute atomic E-state index is 0.611. The first-order valence-electron chi connectivity index (χ1n) is 9.65. The summed E-state index contributed by atoms with van der Waals surface area (Å²) in [5.74, 6) is 1.69. The number of pyridine rings is 1. The van der Waals surface area contributed by atoms with Crippen LogP contribution in [0.4, 0.5) is 5.82 Å². The van der Waals surface area contributed by atoms with E-state index in [2.05, 4.69) is 61.6 Å². The van der Waals surface area contributed by atoms with Crippen LogP contribution in [-0.2, 0) is 6.42 Å². The van der Waals surface area contributed by atoms with Crippen LogP contribution in [-0.4, -0.2) is 41.5 Å². The summed E-state index contributed by atoms with van der Waals surface area (Å²) < 4.78 is 2.15. The van der Waals surface area contributed by atoms with Gasteiger partial charge in [0.05, 0.1) is 16.6 Å². The van der Waals surface area contributed by atoms with Crippen LogP contribution >= 0.6 is 0 Å². The topological polar surface area (TPSA) is 56.4 Å². The second-order valence-corrected chi connectivity index (χ2v) is 7.86. The molecule has 0 atom stereocenters. The number of rotatable bonds is 7. The zero-order valence-electron chi connectivity index (χ0n) is 17.0. The van der Waals surface area contributed by atoms with Gasteiger partial charge in [-0.25, -0.2) is 4.98 Å². The van der Waals surface area contributed by atoms with E-state index in [0.29, 0.717) is 11.5 Å². The van der Waals surface area contributed by atoms with E-state index in [1.54, 1.807) is 0 Å².